The van der Waals surface area contributed by atoms with Gasteiger partial charge in [-0.25, -0.2) is 13.6 Å². The highest BCUT2D eigenvalue weighted by atomic mass is 19.1. The molecule has 23 heavy (non-hydrogen) atoms. The van der Waals surface area contributed by atoms with Crippen molar-refractivity contribution < 1.29 is 27.9 Å². The topological polar surface area (TPSA) is 60.9 Å². The van der Waals surface area contributed by atoms with E-state index in [2.05, 4.69) is 0 Å². The number of likely N-dealkylation sites (tertiary alicyclic amines) is 1. The summed E-state index contributed by atoms with van der Waals surface area (Å²) in [6.07, 6.45) is -0.442. The summed E-state index contributed by atoms with van der Waals surface area (Å²) in [5, 5.41) is 9.39. The Morgan fingerprint density at radius 3 is 2.57 bits per heavy atom. The molecule has 1 aromatic rings. The molecule has 0 aliphatic carbocycles. The summed E-state index contributed by atoms with van der Waals surface area (Å²) in [5.74, 6) is -2.21. The molecule has 2 rings (SSSR count). The second-order valence-electron chi connectivity index (χ2n) is 5.38. The van der Waals surface area contributed by atoms with Gasteiger partial charge in [0.2, 0.25) is 0 Å². The van der Waals surface area contributed by atoms with Gasteiger partial charge < -0.3 is 10.0 Å². The van der Waals surface area contributed by atoms with Gasteiger partial charge in [0.15, 0.2) is 6.29 Å². The number of amides is 1. The monoisotopic (exact) mass is 330 g/mol. The van der Waals surface area contributed by atoms with Gasteiger partial charge in [0.05, 0.1) is 24.0 Å². The number of hydrogen-bond acceptors (Lipinski definition) is 3. The molecule has 1 aliphatic heterocycles. The molecule has 1 amide bonds. The third kappa shape index (κ3) is 3.82. The highest BCUT2D eigenvalue weighted by molar-refractivity contribution is 5.88. The number of carbonyl (C=O) groups is 2. The average molecular weight is 330 g/mol. The van der Waals surface area contributed by atoms with Crippen LogP contribution in [0.2, 0.25) is 0 Å². The van der Waals surface area contributed by atoms with Gasteiger partial charge in [0, 0.05) is 19.6 Å². The van der Waals surface area contributed by atoms with Crippen molar-refractivity contribution in [3.05, 3.63) is 29.3 Å². The number of carbonyl (C=O) groups excluding carboxylic acids is 1. The summed E-state index contributed by atoms with van der Waals surface area (Å²) in [5.41, 5.74) is -0.884. The zero-order chi connectivity index (χ0) is 17.0. The highest BCUT2D eigenvalue weighted by Crippen LogP contribution is 2.26. The molecule has 1 saturated heterocycles. The third-order valence-corrected chi connectivity index (χ3v) is 3.89. The maximum Gasteiger partial charge on any atom is 0.412 e. The van der Waals surface area contributed by atoms with Crippen molar-refractivity contribution in [2.75, 3.05) is 31.2 Å². The number of anilines is 1. The molecule has 0 radical (unpaired) electrons. The molecule has 1 N–H and O–H groups in total. The number of benzene rings is 1. The molecule has 0 saturated carbocycles. The standard InChI is InChI=1S/C15H17F3N2O3/c16-3-1-4-19-5-2-10(8-19)20(15(22)23)11-6-13(17)12(9-21)14(18)7-11/h6-7,9-10H,1-5,8H2,(H,22,23). The summed E-state index contributed by atoms with van der Waals surface area (Å²) < 4.78 is 39.7. The van der Waals surface area contributed by atoms with E-state index in [9.17, 15) is 27.9 Å². The highest BCUT2D eigenvalue weighted by Gasteiger charge is 2.32. The SMILES string of the molecule is O=Cc1c(F)cc(N(C(=O)O)C2CCN(CCCF)C2)cc1F. The van der Waals surface area contributed by atoms with Crippen LogP contribution in [-0.2, 0) is 0 Å². The largest absolute Gasteiger partial charge is 0.465 e. The quantitative estimate of drug-likeness (QED) is 0.815. The van der Waals surface area contributed by atoms with Crippen LogP contribution >= 0.6 is 0 Å². The number of halogens is 3. The number of hydrogen-bond donors (Lipinski definition) is 1. The first kappa shape index (κ1) is 17.3. The van der Waals surface area contributed by atoms with Crippen LogP contribution in [-0.4, -0.2) is 54.7 Å². The zero-order valence-corrected chi connectivity index (χ0v) is 12.3. The summed E-state index contributed by atoms with van der Waals surface area (Å²) in [7, 11) is 0. The lowest BCUT2D eigenvalue weighted by Gasteiger charge is -2.26. The molecule has 126 valence electrons. The van der Waals surface area contributed by atoms with Gasteiger partial charge in [0.1, 0.15) is 11.6 Å². The molecule has 0 aromatic heterocycles. The van der Waals surface area contributed by atoms with E-state index in [4.69, 9.17) is 0 Å². The first-order valence-corrected chi connectivity index (χ1v) is 7.22. The van der Waals surface area contributed by atoms with E-state index in [1.165, 1.54) is 0 Å². The number of aldehydes is 1. The van der Waals surface area contributed by atoms with Gasteiger partial charge in [-0.1, -0.05) is 0 Å². The van der Waals surface area contributed by atoms with Gasteiger partial charge in [-0.15, -0.1) is 0 Å². The van der Waals surface area contributed by atoms with Gasteiger partial charge in [0.25, 0.3) is 0 Å². The lowest BCUT2D eigenvalue weighted by molar-refractivity contribution is 0.111. The van der Waals surface area contributed by atoms with Crippen molar-refractivity contribution in [1.29, 1.82) is 0 Å². The summed E-state index contributed by atoms with van der Waals surface area (Å²) >= 11 is 0. The Morgan fingerprint density at radius 1 is 1.39 bits per heavy atom. The molecule has 1 aliphatic rings. The summed E-state index contributed by atoms with van der Waals surface area (Å²) in [6, 6.07) is 1.20. The van der Waals surface area contributed by atoms with Crippen LogP contribution in [0, 0.1) is 11.6 Å². The zero-order valence-electron chi connectivity index (χ0n) is 12.3. The van der Waals surface area contributed by atoms with E-state index >= 15 is 0 Å². The maximum absolute atomic E-state index is 13.7. The smallest absolute Gasteiger partial charge is 0.412 e. The molecule has 1 fully saturated rings. The minimum Gasteiger partial charge on any atom is -0.465 e. The normalized spacial score (nSPS) is 18.1. The van der Waals surface area contributed by atoms with Crippen molar-refractivity contribution in [2.24, 2.45) is 0 Å². The molecular formula is C15H17F3N2O3. The van der Waals surface area contributed by atoms with Crippen LogP contribution in [0.3, 0.4) is 0 Å². The van der Waals surface area contributed by atoms with Gasteiger partial charge in [-0.05, 0) is 25.0 Å². The van der Waals surface area contributed by atoms with E-state index in [1.807, 2.05) is 4.90 Å². The Hall–Kier alpha value is -2.09. The lowest BCUT2D eigenvalue weighted by Crippen LogP contribution is -2.41. The first-order chi connectivity index (χ1) is 11.0. The number of alkyl halides is 1. The van der Waals surface area contributed by atoms with Crippen LogP contribution in [0.1, 0.15) is 23.2 Å². The molecule has 1 heterocycles. The molecule has 8 heteroatoms. The Bertz CT molecular complexity index is 574. The van der Waals surface area contributed by atoms with Crippen molar-refractivity contribution in [3.8, 4) is 0 Å². The first-order valence-electron chi connectivity index (χ1n) is 7.22. The minimum absolute atomic E-state index is 0.0494. The fourth-order valence-corrected chi connectivity index (χ4v) is 2.81. The average Bonchev–Trinajstić information content (AvgIpc) is 2.93. The van der Waals surface area contributed by atoms with E-state index in [1.54, 1.807) is 0 Å². The fourth-order valence-electron chi connectivity index (χ4n) is 2.81. The summed E-state index contributed by atoms with van der Waals surface area (Å²) in [4.78, 5) is 24.9. The van der Waals surface area contributed by atoms with Crippen molar-refractivity contribution in [2.45, 2.75) is 18.9 Å². The van der Waals surface area contributed by atoms with Crippen LogP contribution in [0.5, 0.6) is 0 Å². The van der Waals surface area contributed by atoms with Gasteiger partial charge in [-0.2, -0.15) is 0 Å². The van der Waals surface area contributed by atoms with Crippen LogP contribution < -0.4 is 4.90 Å². The fraction of sp³-hybridized carbons (Fsp3) is 0.467. The van der Waals surface area contributed by atoms with Crippen molar-refractivity contribution in [1.82, 2.24) is 4.90 Å². The van der Waals surface area contributed by atoms with Crippen molar-refractivity contribution >= 4 is 18.1 Å². The van der Waals surface area contributed by atoms with Crippen LogP contribution in [0.15, 0.2) is 12.1 Å². The summed E-state index contributed by atoms with van der Waals surface area (Å²) in [6.45, 7) is 1.01. The van der Waals surface area contributed by atoms with E-state index in [0.717, 1.165) is 17.0 Å². The third-order valence-electron chi connectivity index (χ3n) is 3.89. The second-order valence-corrected chi connectivity index (χ2v) is 5.38. The molecule has 0 spiro atoms. The maximum atomic E-state index is 13.7. The Labute approximate surface area is 131 Å². The molecular weight excluding hydrogens is 313 g/mol. The number of rotatable bonds is 6. The van der Waals surface area contributed by atoms with E-state index in [-0.39, 0.29) is 12.0 Å². The molecule has 1 aromatic carbocycles. The molecule has 1 atom stereocenters. The molecule has 5 nitrogen and oxygen atoms in total. The number of nitrogens with zero attached hydrogens (tertiary/aromatic N) is 2. The van der Waals surface area contributed by atoms with Gasteiger partial charge >= 0.3 is 6.09 Å². The van der Waals surface area contributed by atoms with Crippen LogP contribution in [0.25, 0.3) is 0 Å². The predicted molar refractivity (Wildman–Crippen MR) is 77.7 cm³/mol. The second kappa shape index (κ2) is 7.45. The van der Waals surface area contributed by atoms with Crippen LogP contribution in [0.4, 0.5) is 23.7 Å². The van der Waals surface area contributed by atoms with E-state index < -0.39 is 36.0 Å². The Kier molecular flexibility index (Phi) is 5.59. The Balaban J connectivity index is 2.23. The minimum atomic E-state index is -1.33. The molecule has 0 bridgehead atoms. The molecule has 1 unspecified atom stereocenters. The Morgan fingerprint density at radius 2 is 2.04 bits per heavy atom. The van der Waals surface area contributed by atoms with Gasteiger partial charge in [-0.3, -0.25) is 14.1 Å². The van der Waals surface area contributed by atoms with Crippen molar-refractivity contribution in [3.63, 3.8) is 0 Å². The lowest BCUT2D eigenvalue weighted by atomic mass is 10.1. The predicted octanol–water partition coefficient (Wildman–Crippen LogP) is 2.70. The van der Waals surface area contributed by atoms with E-state index in [0.29, 0.717) is 32.5 Å². The number of carboxylic acid groups (broad SMARTS) is 1.